The number of hydrogen-bond donors (Lipinski definition) is 1. The molecule has 0 saturated carbocycles. The number of carbonyl (C=O) groups is 1. The number of amides is 1. The zero-order chi connectivity index (χ0) is 16.2. The standard InChI is InChI=1S/C17H11ClN4O/c18-13-2-1-3-15(10-13)22-9-8-16(21-22)17(23)20-14-6-4-12(11-19)5-7-14/h1-10H,(H,20,23). The van der Waals surface area contributed by atoms with E-state index < -0.39 is 0 Å². The van der Waals surface area contributed by atoms with Crippen LogP contribution in [0.5, 0.6) is 0 Å². The Morgan fingerprint density at radius 3 is 2.65 bits per heavy atom. The second kappa shape index (κ2) is 6.34. The first-order valence-corrected chi connectivity index (χ1v) is 7.16. The van der Waals surface area contributed by atoms with Crippen LogP contribution in [0.3, 0.4) is 0 Å². The van der Waals surface area contributed by atoms with Crippen LogP contribution in [0.2, 0.25) is 5.02 Å². The highest BCUT2D eigenvalue weighted by Crippen LogP contribution is 2.15. The van der Waals surface area contributed by atoms with Crippen LogP contribution in [0.1, 0.15) is 16.1 Å². The van der Waals surface area contributed by atoms with Crippen molar-refractivity contribution in [3.63, 3.8) is 0 Å². The molecule has 0 fully saturated rings. The van der Waals surface area contributed by atoms with E-state index in [4.69, 9.17) is 16.9 Å². The molecule has 1 N–H and O–H groups in total. The molecule has 0 unspecified atom stereocenters. The van der Waals surface area contributed by atoms with Gasteiger partial charge in [0.2, 0.25) is 0 Å². The molecule has 5 nitrogen and oxygen atoms in total. The summed E-state index contributed by atoms with van der Waals surface area (Å²) in [6.45, 7) is 0. The molecule has 6 heteroatoms. The van der Waals surface area contributed by atoms with E-state index in [1.165, 1.54) is 0 Å². The predicted octanol–water partition coefficient (Wildman–Crippen LogP) is 3.65. The van der Waals surface area contributed by atoms with Crippen LogP contribution in [-0.2, 0) is 0 Å². The molecule has 1 heterocycles. The SMILES string of the molecule is N#Cc1ccc(NC(=O)c2ccn(-c3cccc(Cl)c3)n2)cc1. The van der Waals surface area contributed by atoms with Gasteiger partial charge in [-0.05, 0) is 48.5 Å². The van der Waals surface area contributed by atoms with Crippen molar-refractivity contribution in [2.45, 2.75) is 0 Å². The summed E-state index contributed by atoms with van der Waals surface area (Å²) in [5, 5.41) is 16.3. The average molecular weight is 323 g/mol. The summed E-state index contributed by atoms with van der Waals surface area (Å²) < 4.78 is 1.58. The zero-order valence-corrected chi connectivity index (χ0v) is 12.7. The number of anilines is 1. The molecule has 1 aromatic heterocycles. The third kappa shape index (κ3) is 3.39. The summed E-state index contributed by atoms with van der Waals surface area (Å²) in [6.07, 6.45) is 1.69. The Morgan fingerprint density at radius 2 is 1.96 bits per heavy atom. The van der Waals surface area contributed by atoms with Crippen molar-refractivity contribution in [2.24, 2.45) is 0 Å². The lowest BCUT2D eigenvalue weighted by atomic mass is 10.2. The monoisotopic (exact) mass is 322 g/mol. The van der Waals surface area contributed by atoms with E-state index in [1.807, 2.05) is 18.2 Å². The fourth-order valence-corrected chi connectivity index (χ4v) is 2.22. The van der Waals surface area contributed by atoms with Crippen LogP contribution < -0.4 is 5.32 Å². The third-order valence-electron chi connectivity index (χ3n) is 3.17. The number of nitrogens with zero attached hydrogens (tertiary/aromatic N) is 3. The Labute approximate surface area is 137 Å². The first-order chi connectivity index (χ1) is 11.2. The van der Waals surface area contributed by atoms with Gasteiger partial charge in [0.15, 0.2) is 5.69 Å². The van der Waals surface area contributed by atoms with Gasteiger partial charge in [-0.15, -0.1) is 0 Å². The number of nitriles is 1. The molecule has 0 bridgehead atoms. The van der Waals surface area contributed by atoms with Gasteiger partial charge < -0.3 is 5.32 Å². The number of nitrogens with one attached hydrogen (secondary N) is 1. The first-order valence-electron chi connectivity index (χ1n) is 6.79. The molecule has 0 spiro atoms. The average Bonchev–Trinajstić information content (AvgIpc) is 3.06. The van der Waals surface area contributed by atoms with Gasteiger partial charge in [-0.3, -0.25) is 4.79 Å². The van der Waals surface area contributed by atoms with Gasteiger partial charge in [0.1, 0.15) is 0 Å². The van der Waals surface area contributed by atoms with Crippen LogP contribution in [0.15, 0.2) is 60.8 Å². The maximum absolute atomic E-state index is 12.2. The minimum Gasteiger partial charge on any atom is -0.321 e. The van der Waals surface area contributed by atoms with Crippen LogP contribution in [0, 0.1) is 11.3 Å². The van der Waals surface area contributed by atoms with Crippen molar-refractivity contribution in [1.29, 1.82) is 5.26 Å². The number of aromatic nitrogens is 2. The van der Waals surface area contributed by atoms with E-state index in [0.717, 1.165) is 5.69 Å². The molecular formula is C17H11ClN4O. The van der Waals surface area contributed by atoms with Crippen molar-refractivity contribution in [2.75, 3.05) is 5.32 Å². The molecular weight excluding hydrogens is 312 g/mol. The number of rotatable bonds is 3. The molecule has 112 valence electrons. The highest BCUT2D eigenvalue weighted by molar-refractivity contribution is 6.30. The normalized spacial score (nSPS) is 10.1. The maximum atomic E-state index is 12.2. The molecule has 23 heavy (non-hydrogen) atoms. The Morgan fingerprint density at radius 1 is 1.17 bits per heavy atom. The zero-order valence-electron chi connectivity index (χ0n) is 11.9. The summed E-state index contributed by atoms with van der Waals surface area (Å²) in [5.74, 6) is -0.324. The lowest BCUT2D eigenvalue weighted by Crippen LogP contribution is -2.13. The van der Waals surface area contributed by atoms with Gasteiger partial charge in [0, 0.05) is 16.9 Å². The fourth-order valence-electron chi connectivity index (χ4n) is 2.03. The molecule has 2 aromatic carbocycles. The second-order valence-electron chi connectivity index (χ2n) is 4.77. The van der Waals surface area contributed by atoms with E-state index in [0.29, 0.717) is 16.3 Å². The van der Waals surface area contributed by atoms with E-state index in [9.17, 15) is 4.79 Å². The summed E-state index contributed by atoms with van der Waals surface area (Å²) in [7, 11) is 0. The van der Waals surface area contributed by atoms with Crippen molar-refractivity contribution >= 4 is 23.2 Å². The first kappa shape index (κ1) is 14.8. The van der Waals surface area contributed by atoms with Gasteiger partial charge in [-0.25, -0.2) is 4.68 Å². The van der Waals surface area contributed by atoms with E-state index in [2.05, 4.69) is 10.4 Å². The molecule has 0 aliphatic carbocycles. The summed E-state index contributed by atoms with van der Waals surface area (Å²) in [5.41, 5.74) is 2.20. The van der Waals surface area contributed by atoms with Crippen molar-refractivity contribution in [3.05, 3.63) is 77.1 Å². The molecule has 3 rings (SSSR count). The van der Waals surface area contributed by atoms with E-state index >= 15 is 0 Å². The summed E-state index contributed by atoms with van der Waals surface area (Å²) >= 11 is 5.95. The lowest BCUT2D eigenvalue weighted by molar-refractivity contribution is 0.102. The molecule has 0 atom stereocenters. The maximum Gasteiger partial charge on any atom is 0.276 e. The van der Waals surface area contributed by atoms with Crippen LogP contribution in [0.4, 0.5) is 5.69 Å². The number of halogens is 1. The van der Waals surface area contributed by atoms with Gasteiger partial charge in [-0.1, -0.05) is 17.7 Å². The Bertz CT molecular complexity index is 893. The molecule has 0 aliphatic heterocycles. The number of hydrogen-bond acceptors (Lipinski definition) is 3. The number of carbonyl (C=O) groups excluding carboxylic acids is 1. The van der Waals surface area contributed by atoms with Gasteiger partial charge in [-0.2, -0.15) is 10.4 Å². The Kier molecular flexibility index (Phi) is 4.09. The minimum atomic E-state index is -0.324. The van der Waals surface area contributed by atoms with Crippen LogP contribution in [0.25, 0.3) is 5.69 Å². The quantitative estimate of drug-likeness (QED) is 0.800. The smallest absolute Gasteiger partial charge is 0.276 e. The molecule has 0 aliphatic rings. The Hall–Kier alpha value is -3.10. The van der Waals surface area contributed by atoms with Crippen LogP contribution >= 0.6 is 11.6 Å². The largest absolute Gasteiger partial charge is 0.321 e. The number of benzene rings is 2. The van der Waals surface area contributed by atoms with Crippen molar-refractivity contribution < 1.29 is 4.79 Å². The predicted molar refractivity (Wildman–Crippen MR) is 87.7 cm³/mol. The summed E-state index contributed by atoms with van der Waals surface area (Å²) in [4.78, 5) is 12.2. The minimum absolute atomic E-state index is 0.286. The Balaban J connectivity index is 1.77. The highest BCUT2D eigenvalue weighted by atomic mass is 35.5. The topological polar surface area (TPSA) is 70.7 Å². The molecule has 0 radical (unpaired) electrons. The lowest BCUT2D eigenvalue weighted by Gasteiger charge is -2.03. The van der Waals surface area contributed by atoms with Gasteiger partial charge >= 0.3 is 0 Å². The van der Waals surface area contributed by atoms with E-state index in [-0.39, 0.29) is 11.6 Å². The fraction of sp³-hybridized carbons (Fsp3) is 0. The summed E-state index contributed by atoms with van der Waals surface area (Å²) in [6, 6.07) is 17.5. The highest BCUT2D eigenvalue weighted by Gasteiger charge is 2.10. The van der Waals surface area contributed by atoms with Crippen molar-refractivity contribution in [3.8, 4) is 11.8 Å². The van der Waals surface area contributed by atoms with Crippen molar-refractivity contribution in [1.82, 2.24) is 9.78 Å². The third-order valence-corrected chi connectivity index (χ3v) is 3.40. The van der Waals surface area contributed by atoms with Gasteiger partial charge in [0.25, 0.3) is 5.91 Å². The van der Waals surface area contributed by atoms with Crippen LogP contribution in [-0.4, -0.2) is 15.7 Å². The molecule has 3 aromatic rings. The molecule has 1 amide bonds. The molecule has 0 saturated heterocycles. The van der Waals surface area contributed by atoms with E-state index in [1.54, 1.807) is 53.3 Å². The second-order valence-corrected chi connectivity index (χ2v) is 5.21. The van der Waals surface area contributed by atoms with Gasteiger partial charge in [0.05, 0.1) is 17.3 Å².